The van der Waals surface area contributed by atoms with Crippen LogP contribution in [0.3, 0.4) is 0 Å². The Morgan fingerprint density at radius 3 is 2.76 bits per heavy atom. The molecule has 0 aliphatic heterocycles. The molecule has 92 valence electrons. The molecule has 0 spiro atoms. The van der Waals surface area contributed by atoms with Crippen molar-refractivity contribution in [1.29, 1.82) is 0 Å². The Morgan fingerprint density at radius 2 is 2.00 bits per heavy atom. The Bertz CT molecular complexity index is 499. The van der Waals surface area contributed by atoms with Gasteiger partial charge in [0.25, 0.3) is 0 Å². The SMILES string of the molecule is CCCCCCc1cc(C)c2ncsc2c1C. The number of aromatic nitrogens is 1. The van der Waals surface area contributed by atoms with Crippen LogP contribution in [0.2, 0.25) is 0 Å². The van der Waals surface area contributed by atoms with Crippen LogP contribution in [-0.4, -0.2) is 4.98 Å². The Morgan fingerprint density at radius 1 is 1.18 bits per heavy atom. The molecule has 0 radical (unpaired) electrons. The lowest BCUT2D eigenvalue weighted by atomic mass is 9.99. The number of hydrogen-bond donors (Lipinski definition) is 0. The maximum Gasteiger partial charge on any atom is 0.0844 e. The van der Waals surface area contributed by atoms with Crippen LogP contribution >= 0.6 is 11.3 Å². The van der Waals surface area contributed by atoms with Gasteiger partial charge in [-0.05, 0) is 43.4 Å². The first-order chi connectivity index (χ1) is 8.24. The average molecular weight is 247 g/mol. The molecule has 2 rings (SSSR count). The summed E-state index contributed by atoms with van der Waals surface area (Å²) in [5.74, 6) is 0. The number of fused-ring (bicyclic) bond motifs is 1. The standard InChI is InChI=1S/C15H21NS/c1-4-5-6-7-8-13-9-11(2)14-15(12(13)3)17-10-16-14/h9-10H,4-8H2,1-3H3. The van der Waals surface area contributed by atoms with Crippen LogP contribution in [0.4, 0.5) is 0 Å². The van der Waals surface area contributed by atoms with Crippen molar-refractivity contribution in [3.8, 4) is 0 Å². The van der Waals surface area contributed by atoms with Crippen molar-refractivity contribution in [3.05, 3.63) is 28.3 Å². The van der Waals surface area contributed by atoms with Gasteiger partial charge in [-0.3, -0.25) is 0 Å². The number of unbranched alkanes of at least 4 members (excludes halogenated alkanes) is 3. The van der Waals surface area contributed by atoms with E-state index in [1.807, 2.05) is 5.51 Å². The summed E-state index contributed by atoms with van der Waals surface area (Å²) in [7, 11) is 0. The molecule has 2 aromatic rings. The van der Waals surface area contributed by atoms with Gasteiger partial charge in [0.1, 0.15) is 0 Å². The molecule has 0 atom stereocenters. The summed E-state index contributed by atoms with van der Waals surface area (Å²) >= 11 is 1.77. The molecule has 0 aliphatic rings. The van der Waals surface area contributed by atoms with Gasteiger partial charge in [-0.15, -0.1) is 11.3 Å². The highest BCUT2D eigenvalue weighted by Crippen LogP contribution is 2.28. The topological polar surface area (TPSA) is 12.9 Å². The van der Waals surface area contributed by atoms with Gasteiger partial charge in [-0.2, -0.15) is 0 Å². The summed E-state index contributed by atoms with van der Waals surface area (Å²) in [5.41, 5.74) is 7.47. The Balaban J connectivity index is 2.19. The molecule has 0 saturated carbocycles. The van der Waals surface area contributed by atoms with E-state index in [1.165, 1.54) is 59.0 Å². The monoisotopic (exact) mass is 247 g/mol. The highest BCUT2D eigenvalue weighted by Gasteiger charge is 2.08. The summed E-state index contributed by atoms with van der Waals surface area (Å²) in [6, 6.07) is 2.34. The van der Waals surface area contributed by atoms with Crippen LogP contribution in [-0.2, 0) is 6.42 Å². The van der Waals surface area contributed by atoms with E-state index >= 15 is 0 Å². The minimum Gasteiger partial charge on any atom is -0.244 e. The molecule has 17 heavy (non-hydrogen) atoms. The Hall–Kier alpha value is -0.890. The maximum atomic E-state index is 4.45. The van der Waals surface area contributed by atoms with Gasteiger partial charge in [-0.1, -0.05) is 32.3 Å². The average Bonchev–Trinajstić information content (AvgIpc) is 2.80. The normalized spacial score (nSPS) is 11.2. The Labute approximate surface area is 108 Å². The Kier molecular flexibility index (Phi) is 4.16. The van der Waals surface area contributed by atoms with Crippen LogP contribution in [0.5, 0.6) is 0 Å². The third kappa shape index (κ3) is 2.68. The lowest BCUT2D eigenvalue weighted by Gasteiger charge is -2.08. The highest BCUT2D eigenvalue weighted by molar-refractivity contribution is 7.17. The molecule has 0 aliphatic carbocycles. The molecular formula is C15H21NS. The van der Waals surface area contributed by atoms with Crippen molar-refractivity contribution in [2.24, 2.45) is 0 Å². The summed E-state index contributed by atoms with van der Waals surface area (Å²) in [4.78, 5) is 4.45. The fraction of sp³-hybridized carbons (Fsp3) is 0.533. The lowest BCUT2D eigenvalue weighted by Crippen LogP contribution is -1.93. The van der Waals surface area contributed by atoms with Crippen LogP contribution in [0.15, 0.2) is 11.6 Å². The molecule has 1 aromatic heterocycles. The second kappa shape index (κ2) is 5.63. The van der Waals surface area contributed by atoms with Gasteiger partial charge < -0.3 is 0 Å². The highest BCUT2D eigenvalue weighted by atomic mass is 32.1. The zero-order valence-corrected chi connectivity index (χ0v) is 11.9. The largest absolute Gasteiger partial charge is 0.244 e. The molecule has 2 heteroatoms. The first-order valence-electron chi connectivity index (χ1n) is 6.56. The third-order valence-corrected chi connectivity index (χ3v) is 4.40. The molecule has 1 aromatic carbocycles. The van der Waals surface area contributed by atoms with Crippen LogP contribution in [0.25, 0.3) is 10.2 Å². The van der Waals surface area contributed by atoms with Crippen molar-refractivity contribution in [2.45, 2.75) is 52.9 Å². The first kappa shape index (κ1) is 12.6. The lowest BCUT2D eigenvalue weighted by molar-refractivity contribution is 0.666. The van der Waals surface area contributed by atoms with Crippen LogP contribution in [0, 0.1) is 13.8 Å². The summed E-state index contributed by atoms with van der Waals surface area (Å²) in [6.45, 7) is 6.69. The molecule has 1 nitrogen and oxygen atoms in total. The van der Waals surface area contributed by atoms with Gasteiger partial charge in [-0.25, -0.2) is 4.98 Å². The number of hydrogen-bond acceptors (Lipinski definition) is 2. The van der Waals surface area contributed by atoms with Crippen LogP contribution in [0.1, 0.15) is 49.3 Å². The van der Waals surface area contributed by atoms with Gasteiger partial charge in [0.2, 0.25) is 0 Å². The molecule has 0 unspecified atom stereocenters. The number of rotatable bonds is 5. The summed E-state index contributed by atoms with van der Waals surface area (Å²) < 4.78 is 1.38. The smallest absolute Gasteiger partial charge is 0.0844 e. The van der Waals surface area contributed by atoms with Gasteiger partial charge in [0, 0.05) is 0 Å². The first-order valence-corrected chi connectivity index (χ1v) is 7.44. The number of nitrogens with zero attached hydrogens (tertiary/aromatic N) is 1. The predicted octanol–water partition coefficient (Wildman–Crippen LogP) is 5.04. The van der Waals surface area contributed by atoms with Crippen molar-refractivity contribution >= 4 is 21.6 Å². The van der Waals surface area contributed by atoms with Gasteiger partial charge >= 0.3 is 0 Å². The molecule has 0 fully saturated rings. The summed E-state index contributed by atoms with van der Waals surface area (Å²) in [6.07, 6.45) is 6.57. The maximum absolute atomic E-state index is 4.45. The van der Waals surface area contributed by atoms with E-state index in [0.717, 1.165) is 0 Å². The van der Waals surface area contributed by atoms with E-state index in [4.69, 9.17) is 0 Å². The quantitative estimate of drug-likeness (QED) is 0.675. The van der Waals surface area contributed by atoms with E-state index in [1.54, 1.807) is 11.3 Å². The van der Waals surface area contributed by atoms with Crippen molar-refractivity contribution in [2.75, 3.05) is 0 Å². The molecular weight excluding hydrogens is 226 g/mol. The third-order valence-electron chi connectivity index (χ3n) is 3.45. The predicted molar refractivity (Wildman–Crippen MR) is 76.9 cm³/mol. The molecule has 0 amide bonds. The minimum atomic E-state index is 1.20. The second-order valence-electron chi connectivity index (χ2n) is 4.82. The molecule has 0 bridgehead atoms. The van der Waals surface area contributed by atoms with Crippen LogP contribution < -0.4 is 0 Å². The van der Waals surface area contributed by atoms with Gasteiger partial charge in [0.15, 0.2) is 0 Å². The zero-order chi connectivity index (χ0) is 12.3. The van der Waals surface area contributed by atoms with Crippen molar-refractivity contribution < 1.29 is 0 Å². The zero-order valence-electron chi connectivity index (χ0n) is 11.0. The van der Waals surface area contributed by atoms with E-state index in [2.05, 4.69) is 31.8 Å². The van der Waals surface area contributed by atoms with Gasteiger partial charge in [0.05, 0.1) is 15.7 Å². The minimum absolute atomic E-state index is 1.20. The van der Waals surface area contributed by atoms with E-state index in [-0.39, 0.29) is 0 Å². The summed E-state index contributed by atoms with van der Waals surface area (Å²) in [5, 5.41) is 0. The van der Waals surface area contributed by atoms with Crippen molar-refractivity contribution in [1.82, 2.24) is 4.98 Å². The fourth-order valence-electron chi connectivity index (χ4n) is 2.38. The number of thiazole rings is 1. The number of aryl methyl sites for hydroxylation is 3. The molecule has 0 saturated heterocycles. The number of benzene rings is 1. The molecule has 1 heterocycles. The van der Waals surface area contributed by atoms with E-state index in [9.17, 15) is 0 Å². The molecule has 0 N–H and O–H groups in total. The van der Waals surface area contributed by atoms with E-state index < -0.39 is 0 Å². The fourth-order valence-corrected chi connectivity index (χ4v) is 3.28. The van der Waals surface area contributed by atoms with E-state index in [0.29, 0.717) is 0 Å². The second-order valence-corrected chi connectivity index (χ2v) is 5.67. The van der Waals surface area contributed by atoms with Crippen molar-refractivity contribution in [3.63, 3.8) is 0 Å².